The molecule has 1 saturated heterocycles. The summed E-state index contributed by atoms with van der Waals surface area (Å²) in [6, 6.07) is 12.3. The standard InChI is InChI=1S/C17H28N2O/c1-4-16-11-18-17(15-9-7-6-8-10-15)12-19(16)14(3)13-20-5-2/h6-10,14,16-18H,4-5,11-13H2,1-3H3. The maximum atomic E-state index is 5.62. The van der Waals surface area contributed by atoms with E-state index in [-0.39, 0.29) is 0 Å². The Morgan fingerprint density at radius 1 is 1.30 bits per heavy atom. The van der Waals surface area contributed by atoms with Gasteiger partial charge in [-0.05, 0) is 25.8 Å². The zero-order chi connectivity index (χ0) is 14.4. The van der Waals surface area contributed by atoms with Gasteiger partial charge in [0.15, 0.2) is 0 Å². The van der Waals surface area contributed by atoms with E-state index in [4.69, 9.17) is 4.74 Å². The molecule has 3 unspecified atom stereocenters. The van der Waals surface area contributed by atoms with Gasteiger partial charge in [-0.1, -0.05) is 37.3 Å². The second-order valence-corrected chi connectivity index (χ2v) is 5.64. The van der Waals surface area contributed by atoms with Crippen LogP contribution < -0.4 is 5.32 Å². The van der Waals surface area contributed by atoms with Gasteiger partial charge in [-0.2, -0.15) is 0 Å². The first kappa shape index (κ1) is 15.5. The molecule has 0 bridgehead atoms. The lowest BCUT2D eigenvalue weighted by atomic mass is 9.99. The van der Waals surface area contributed by atoms with Crippen LogP contribution in [0.4, 0.5) is 0 Å². The highest BCUT2D eigenvalue weighted by atomic mass is 16.5. The van der Waals surface area contributed by atoms with Crippen LogP contribution in [0.15, 0.2) is 30.3 Å². The fraction of sp³-hybridized carbons (Fsp3) is 0.647. The van der Waals surface area contributed by atoms with Crippen molar-refractivity contribution in [1.82, 2.24) is 10.2 Å². The van der Waals surface area contributed by atoms with E-state index in [2.05, 4.69) is 61.3 Å². The summed E-state index contributed by atoms with van der Waals surface area (Å²) in [7, 11) is 0. The Balaban J connectivity index is 2.03. The molecule has 3 nitrogen and oxygen atoms in total. The minimum atomic E-state index is 0.433. The van der Waals surface area contributed by atoms with E-state index in [1.165, 1.54) is 12.0 Å². The van der Waals surface area contributed by atoms with Crippen LogP contribution in [0.1, 0.15) is 38.8 Å². The molecule has 1 aliphatic rings. The number of nitrogens with zero attached hydrogens (tertiary/aromatic N) is 1. The Morgan fingerprint density at radius 3 is 2.70 bits per heavy atom. The minimum Gasteiger partial charge on any atom is -0.380 e. The van der Waals surface area contributed by atoms with Gasteiger partial charge in [0, 0.05) is 37.8 Å². The maximum absolute atomic E-state index is 5.62. The molecule has 0 spiro atoms. The zero-order valence-corrected chi connectivity index (χ0v) is 13.0. The first-order chi connectivity index (χ1) is 9.76. The highest BCUT2D eigenvalue weighted by molar-refractivity contribution is 5.20. The van der Waals surface area contributed by atoms with Crippen molar-refractivity contribution < 1.29 is 4.74 Å². The Labute approximate surface area is 123 Å². The van der Waals surface area contributed by atoms with Gasteiger partial charge >= 0.3 is 0 Å². The van der Waals surface area contributed by atoms with Crippen LogP contribution in [0.3, 0.4) is 0 Å². The monoisotopic (exact) mass is 276 g/mol. The summed E-state index contributed by atoms with van der Waals surface area (Å²) >= 11 is 0. The third-order valence-electron chi connectivity index (χ3n) is 4.26. The Hall–Kier alpha value is -0.900. The van der Waals surface area contributed by atoms with Gasteiger partial charge in [0.2, 0.25) is 0 Å². The van der Waals surface area contributed by atoms with E-state index in [0.717, 1.165) is 26.3 Å². The van der Waals surface area contributed by atoms with E-state index in [9.17, 15) is 0 Å². The van der Waals surface area contributed by atoms with Gasteiger partial charge in [0.1, 0.15) is 0 Å². The number of benzene rings is 1. The van der Waals surface area contributed by atoms with Crippen molar-refractivity contribution in [2.45, 2.75) is 45.3 Å². The number of hydrogen-bond acceptors (Lipinski definition) is 3. The Kier molecular flexibility index (Phi) is 6.02. The van der Waals surface area contributed by atoms with Crippen LogP contribution >= 0.6 is 0 Å². The van der Waals surface area contributed by atoms with Gasteiger partial charge in [-0.15, -0.1) is 0 Å². The third-order valence-corrected chi connectivity index (χ3v) is 4.26. The molecule has 0 amide bonds. The first-order valence-corrected chi connectivity index (χ1v) is 7.88. The Morgan fingerprint density at radius 2 is 2.05 bits per heavy atom. The van der Waals surface area contributed by atoms with Gasteiger partial charge in [-0.3, -0.25) is 4.90 Å². The van der Waals surface area contributed by atoms with Crippen molar-refractivity contribution in [1.29, 1.82) is 0 Å². The van der Waals surface area contributed by atoms with E-state index in [1.807, 2.05) is 0 Å². The molecule has 1 fully saturated rings. The van der Waals surface area contributed by atoms with Crippen molar-refractivity contribution in [3.63, 3.8) is 0 Å². The lowest BCUT2D eigenvalue weighted by molar-refractivity contribution is 0.0268. The van der Waals surface area contributed by atoms with Gasteiger partial charge in [0.05, 0.1) is 6.61 Å². The largest absolute Gasteiger partial charge is 0.380 e. The topological polar surface area (TPSA) is 24.5 Å². The molecule has 3 atom stereocenters. The number of nitrogens with one attached hydrogen (secondary N) is 1. The molecular formula is C17H28N2O. The molecule has 0 saturated carbocycles. The van der Waals surface area contributed by atoms with Crippen molar-refractivity contribution in [2.75, 3.05) is 26.3 Å². The summed E-state index contributed by atoms with van der Waals surface area (Å²) in [5.41, 5.74) is 1.38. The highest BCUT2D eigenvalue weighted by Crippen LogP contribution is 2.23. The van der Waals surface area contributed by atoms with Crippen LogP contribution in [0, 0.1) is 0 Å². The van der Waals surface area contributed by atoms with E-state index < -0.39 is 0 Å². The van der Waals surface area contributed by atoms with Gasteiger partial charge in [0.25, 0.3) is 0 Å². The second-order valence-electron chi connectivity index (χ2n) is 5.64. The van der Waals surface area contributed by atoms with Crippen molar-refractivity contribution in [3.05, 3.63) is 35.9 Å². The van der Waals surface area contributed by atoms with Crippen molar-refractivity contribution >= 4 is 0 Å². The van der Waals surface area contributed by atoms with Gasteiger partial charge < -0.3 is 10.1 Å². The molecule has 1 heterocycles. The zero-order valence-electron chi connectivity index (χ0n) is 13.0. The summed E-state index contributed by atoms with van der Waals surface area (Å²) in [5.74, 6) is 0. The Bertz CT molecular complexity index is 382. The average Bonchev–Trinajstić information content (AvgIpc) is 2.52. The summed E-state index contributed by atoms with van der Waals surface area (Å²) in [5, 5.41) is 3.69. The summed E-state index contributed by atoms with van der Waals surface area (Å²) in [4.78, 5) is 2.61. The predicted octanol–water partition coefficient (Wildman–Crippen LogP) is 2.84. The molecule has 1 aromatic carbocycles. The van der Waals surface area contributed by atoms with Crippen LogP contribution in [0.5, 0.6) is 0 Å². The van der Waals surface area contributed by atoms with Crippen LogP contribution in [0.2, 0.25) is 0 Å². The number of piperazine rings is 1. The molecule has 1 N–H and O–H groups in total. The number of hydrogen-bond donors (Lipinski definition) is 1. The molecule has 3 heteroatoms. The SMILES string of the molecule is CCOCC(C)N1CC(c2ccccc2)NCC1CC. The molecule has 1 aromatic rings. The van der Waals surface area contributed by atoms with Crippen LogP contribution in [-0.4, -0.2) is 43.3 Å². The highest BCUT2D eigenvalue weighted by Gasteiger charge is 2.30. The first-order valence-electron chi connectivity index (χ1n) is 7.88. The lowest BCUT2D eigenvalue weighted by Gasteiger charge is -2.43. The minimum absolute atomic E-state index is 0.433. The molecular weight excluding hydrogens is 248 g/mol. The summed E-state index contributed by atoms with van der Waals surface area (Å²) < 4.78 is 5.62. The van der Waals surface area contributed by atoms with Gasteiger partial charge in [-0.25, -0.2) is 0 Å². The fourth-order valence-electron chi connectivity index (χ4n) is 3.03. The summed E-state index contributed by atoms with van der Waals surface area (Å²) in [6.45, 7) is 10.4. The smallest absolute Gasteiger partial charge is 0.0619 e. The lowest BCUT2D eigenvalue weighted by Crippen LogP contribution is -2.56. The second kappa shape index (κ2) is 7.77. The molecule has 0 aliphatic carbocycles. The summed E-state index contributed by atoms with van der Waals surface area (Å²) in [6.07, 6.45) is 1.19. The number of ether oxygens (including phenoxy) is 1. The maximum Gasteiger partial charge on any atom is 0.0619 e. The quantitative estimate of drug-likeness (QED) is 0.864. The van der Waals surface area contributed by atoms with Crippen LogP contribution in [-0.2, 0) is 4.74 Å². The molecule has 2 rings (SSSR count). The van der Waals surface area contributed by atoms with Crippen LogP contribution in [0.25, 0.3) is 0 Å². The molecule has 0 radical (unpaired) electrons. The van der Waals surface area contributed by atoms with E-state index >= 15 is 0 Å². The molecule has 112 valence electrons. The normalized spacial score (nSPS) is 25.6. The molecule has 1 aliphatic heterocycles. The third kappa shape index (κ3) is 3.81. The predicted molar refractivity (Wildman–Crippen MR) is 83.9 cm³/mol. The average molecular weight is 276 g/mol. The van der Waals surface area contributed by atoms with Crippen molar-refractivity contribution in [3.8, 4) is 0 Å². The molecule has 0 aromatic heterocycles. The fourth-order valence-corrected chi connectivity index (χ4v) is 3.03. The van der Waals surface area contributed by atoms with E-state index in [1.54, 1.807) is 0 Å². The number of rotatable bonds is 6. The van der Waals surface area contributed by atoms with Crippen molar-refractivity contribution in [2.24, 2.45) is 0 Å². The van der Waals surface area contributed by atoms with E-state index in [0.29, 0.717) is 18.1 Å². The molecule has 20 heavy (non-hydrogen) atoms.